The summed E-state index contributed by atoms with van der Waals surface area (Å²) < 4.78 is 0. The first-order valence-electron chi connectivity index (χ1n) is 9.51. The van der Waals surface area contributed by atoms with Crippen molar-refractivity contribution in [1.82, 2.24) is 10.2 Å². The lowest BCUT2D eigenvalue weighted by molar-refractivity contribution is -0.121. The summed E-state index contributed by atoms with van der Waals surface area (Å²) in [6.07, 6.45) is 6.22. The fraction of sp³-hybridized carbons (Fsp3) is 0.600. The van der Waals surface area contributed by atoms with Gasteiger partial charge in [0.1, 0.15) is 0 Å². The summed E-state index contributed by atoms with van der Waals surface area (Å²) in [4.78, 5) is 26.7. The zero-order valence-electron chi connectivity index (χ0n) is 15.5. The molecule has 5 heteroatoms. The van der Waals surface area contributed by atoms with Gasteiger partial charge < -0.3 is 15.5 Å². The number of hydrogen-bond donors (Lipinski definition) is 2. The standard InChI is InChI=1S/C20H31N3O2/c1-3-4-6-10-16(2)21-20(25)23-14-9-11-17(15-23)19(24)22-18-12-7-5-8-13-18/h5,7-8,12-13,16-17H,3-4,6,9-11,14-15H2,1-2H3,(H,21,25)(H,22,24). The van der Waals surface area contributed by atoms with Crippen LogP contribution in [0.25, 0.3) is 0 Å². The molecule has 1 saturated heterocycles. The molecule has 1 aliphatic heterocycles. The Labute approximate surface area is 151 Å². The van der Waals surface area contributed by atoms with Gasteiger partial charge >= 0.3 is 6.03 Å². The zero-order chi connectivity index (χ0) is 18.1. The smallest absolute Gasteiger partial charge is 0.317 e. The van der Waals surface area contributed by atoms with Crippen LogP contribution in [0.4, 0.5) is 10.5 Å². The topological polar surface area (TPSA) is 61.4 Å². The molecule has 2 rings (SSSR count). The van der Waals surface area contributed by atoms with Crippen LogP contribution in [-0.2, 0) is 4.79 Å². The first-order valence-corrected chi connectivity index (χ1v) is 9.51. The van der Waals surface area contributed by atoms with Crippen LogP contribution in [0.1, 0.15) is 52.4 Å². The van der Waals surface area contributed by atoms with E-state index < -0.39 is 0 Å². The number of amides is 3. The predicted octanol–water partition coefficient (Wildman–Crippen LogP) is 4.02. The van der Waals surface area contributed by atoms with Crippen LogP contribution in [0.3, 0.4) is 0 Å². The third-order valence-electron chi connectivity index (χ3n) is 4.73. The van der Waals surface area contributed by atoms with E-state index in [-0.39, 0.29) is 23.9 Å². The lowest BCUT2D eigenvalue weighted by Crippen LogP contribution is -2.49. The number of benzene rings is 1. The average Bonchev–Trinajstić information content (AvgIpc) is 2.63. The fourth-order valence-electron chi connectivity index (χ4n) is 3.22. The van der Waals surface area contributed by atoms with E-state index in [4.69, 9.17) is 0 Å². The number of unbranched alkanes of at least 4 members (excludes halogenated alkanes) is 2. The lowest BCUT2D eigenvalue weighted by atomic mass is 9.97. The Morgan fingerprint density at radius 2 is 2.00 bits per heavy atom. The van der Waals surface area contributed by atoms with Crippen molar-refractivity contribution in [2.45, 2.75) is 58.4 Å². The van der Waals surface area contributed by atoms with Gasteiger partial charge in [-0.15, -0.1) is 0 Å². The molecular formula is C20H31N3O2. The fourth-order valence-corrected chi connectivity index (χ4v) is 3.22. The average molecular weight is 345 g/mol. The number of piperidine rings is 1. The highest BCUT2D eigenvalue weighted by Gasteiger charge is 2.28. The molecule has 138 valence electrons. The van der Waals surface area contributed by atoms with E-state index in [0.717, 1.165) is 37.9 Å². The van der Waals surface area contributed by atoms with Gasteiger partial charge in [-0.2, -0.15) is 0 Å². The van der Waals surface area contributed by atoms with Crippen LogP contribution >= 0.6 is 0 Å². The molecule has 0 aliphatic carbocycles. The van der Waals surface area contributed by atoms with Crippen LogP contribution in [0, 0.1) is 5.92 Å². The number of carbonyl (C=O) groups excluding carboxylic acids is 2. The molecule has 2 unspecified atom stereocenters. The molecular weight excluding hydrogens is 314 g/mol. The van der Waals surface area contributed by atoms with Gasteiger partial charge in [0.15, 0.2) is 0 Å². The Morgan fingerprint density at radius 1 is 1.24 bits per heavy atom. The summed E-state index contributed by atoms with van der Waals surface area (Å²) in [5.41, 5.74) is 0.804. The largest absolute Gasteiger partial charge is 0.336 e. The molecule has 1 aliphatic rings. The Balaban J connectivity index is 1.81. The number of hydrogen-bond acceptors (Lipinski definition) is 2. The van der Waals surface area contributed by atoms with Gasteiger partial charge in [-0.05, 0) is 38.3 Å². The maximum atomic E-state index is 12.5. The van der Waals surface area contributed by atoms with Gasteiger partial charge in [0.05, 0.1) is 5.92 Å². The van der Waals surface area contributed by atoms with Crippen LogP contribution in [0.2, 0.25) is 0 Å². The molecule has 1 fully saturated rings. The maximum absolute atomic E-state index is 12.5. The maximum Gasteiger partial charge on any atom is 0.317 e. The molecule has 0 aromatic heterocycles. The second-order valence-corrected chi connectivity index (χ2v) is 6.99. The molecule has 2 atom stereocenters. The minimum Gasteiger partial charge on any atom is -0.336 e. The van der Waals surface area contributed by atoms with Gasteiger partial charge in [0.25, 0.3) is 0 Å². The van der Waals surface area contributed by atoms with E-state index in [1.165, 1.54) is 12.8 Å². The number of urea groups is 1. The van der Waals surface area contributed by atoms with Gasteiger partial charge in [-0.1, -0.05) is 44.4 Å². The monoisotopic (exact) mass is 345 g/mol. The van der Waals surface area contributed by atoms with E-state index in [1.54, 1.807) is 4.90 Å². The van der Waals surface area contributed by atoms with Crippen LogP contribution in [-0.4, -0.2) is 36.0 Å². The molecule has 1 aromatic rings. The quantitative estimate of drug-likeness (QED) is 0.733. The second-order valence-electron chi connectivity index (χ2n) is 6.99. The van der Waals surface area contributed by atoms with Crippen LogP contribution in [0.5, 0.6) is 0 Å². The highest BCUT2D eigenvalue weighted by atomic mass is 16.2. The van der Waals surface area contributed by atoms with E-state index in [0.29, 0.717) is 6.54 Å². The number of anilines is 1. The summed E-state index contributed by atoms with van der Waals surface area (Å²) >= 11 is 0. The predicted molar refractivity (Wildman–Crippen MR) is 102 cm³/mol. The molecule has 0 saturated carbocycles. The van der Waals surface area contributed by atoms with Crippen molar-refractivity contribution < 1.29 is 9.59 Å². The lowest BCUT2D eigenvalue weighted by Gasteiger charge is -2.33. The van der Waals surface area contributed by atoms with Crippen molar-refractivity contribution in [1.29, 1.82) is 0 Å². The summed E-state index contributed by atoms with van der Waals surface area (Å²) in [6, 6.07) is 9.61. The first kappa shape index (κ1) is 19.3. The van der Waals surface area contributed by atoms with E-state index in [1.807, 2.05) is 30.3 Å². The highest BCUT2D eigenvalue weighted by molar-refractivity contribution is 5.93. The molecule has 0 bridgehead atoms. The van der Waals surface area contributed by atoms with Crippen molar-refractivity contribution in [3.63, 3.8) is 0 Å². The molecule has 1 heterocycles. The Kier molecular flexibility index (Phi) is 7.76. The first-order chi connectivity index (χ1) is 12.1. The van der Waals surface area contributed by atoms with Crippen molar-refractivity contribution in [3.8, 4) is 0 Å². The summed E-state index contributed by atoms with van der Waals surface area (Å²) in [6.45, 7) is 5.45. The minimum absolute atomic E-state index is 0.000283. The van der Waals surface area contributed by atoms with Crippen LogP contribution in [0.15, 0.2) is 30.3 Å². The molecule has 2 N–H and O–H groups in total. The Morgan fingerprint density at radius 3 is 2.72 bits per heavy atom. The number of nitrogens with one attached hydrogen (secondary N) is 2. The molecule has 0 spiro atoms. The normalized spacial score (nSPS) is 18.5. The molecule has 25 heavy (non-hydrogen) atoms. The molecule has 3 amide bonds. The van der Waals surface area contributed by atoms with Gasteiger partial charge in [0, 0.05) is 24.8 Å². The van der Waals surface area contributed by atoms with Crippen molar-refractivity contribution in [2.24, 2.45) is 5.92 Å². The highest BCUT2D eigenvalue weighted by Crippen LogP contribution is 2.19. The Bertz CT molecular complexity index is 547. The molecule has 0 radical (unpaired) electrons. The van der Waals surface area contributed by atoms with Crippen molar-refractivity contribution in [2.75, 3.05) is 18.4 Å². The van der Waals surface area contributed by atoms with Gasteiger partial charge in [0.2, 0.25) is 5.91 Å². The van der Waals surface area contributed by atoms with E-state index >= 15 is 0 Å². The van der Waals surface area contributed by atoms with E-state index in [2.05, 4.69) is 24.5 Å². The number of likely N-dealkylation sites (tertiary alicyclic amines) is 1. The van der Waals surface area contributed by atoms with Gasteiger partial charge in [-0.25, -0.2) is 4.79 Å². The van der Waals surface area contributed by atoms with Crippen molar-refractivity contribution in [3.05, 3.63) is 30.3 Å². The SMILES string of the molecule is CCCCCC(C)NC(=O)N1CCCC(C(=O)Nc2ccccc2)C1. The summed E-state index contributed by atoms with van der Waals surface area (Å²) in [5.74, 6) is -0.144. The number of carbonyl (C=O) groups is 2. The zero-order valence-corrected chi connectivity index (χ0v) is 15.5. The molecule has 5 nitrogen and oxygen atoms in total. The second kappa shape index (κ2) is 10.1. The summed E-state index contributed by atoms with van der Waals surface area (Å²) in [5, 5.41) is 6.02. The third-order valence-corrected chi connectivity index (χ3v) is 4.73. The van der Waals surface area contributed by atoms with Crippen molar-refractivity contribution >= 4 is 17.6 Å². The number of para-hydroxylation sites is 1. The number of nitrogens with zero attached hydrogens (tertiary/aromatic N) is 1. The van der Waals surface area contributed by atoms with E-state index in [9.17, 15) is 9.59 Å². The van der Waals surface area contributed by atoms with Gasteiger partial charge in [-0.3, -0.25) is 4.79 Å². The number of rotatable bonds is 7. The van der Waals surface area contributed by atoms with Crippen LogP contribution < -0.4 is 10.6 Å². The Hall–Kier alpha value is -2.04. The summed E-state index contributed by atoms with van der Waals surface area (Å²) in [7, 11) is 0. The minimum atomic E-state index is -0.143. The molecule has 1 aromatic carbocycles. The third kappa shape index (κ3) is 6.40.